The lowest BCUT2D eigenvalue weighted by Crippen LogP contribution is -2.51. The van der Waals surface area contributed by atoms with E-state index >= 15 is 0 Å². The van der Waals surface area contributed by atoms with E-state index in [9.17, 15) is 9.59 Å². The number of aromatic nitrogens is 2. The van der Waals surface area contributed by atoms with Gasteiger partial charge in [-0.25, -0.2) is 0 Å². The fourth-order valence-corrected chi connectivity index (χ4v) is 3.22. The van der Waals surface area contributed by atoms with Gasteiger partial charge in [0.15, 0.2) is 0 Å². The van der Waals surface area contributed by atoms with Crippen LogP contribution in [0.4, 0.5) is 0 Å². The molecule has 0 spiro atoms. The average molecular weight is 342 g/mol. The van der Waals surface area contributed by atoms with Crippen LogP contribution in [-0.2, 0) is 11.8 Å². The van der Waals surface area contributed by atoms with Crippen molar-refractivity contribution in [3.8, 4) is 5.75 Å². The molecule has 1 saturated heterocycles. The third-order valence-corrected chi connectivity index (χ3v) is 4.54. The Hall–Kier alpha value is -2.83. The second-order valence-corrected chi connectivity index (χ2v) is 6.12. The molecule has 7 nitrogen and oxygen atoms in total. The summed E-state index contributed by atoms with van der Waals surface area (Å²) < 4.78 is 7.08. The number of benzene rings is 1. The van der Waals surface area contributed by atoms with E-state index in [-0.39, 0.29) is 17.9 Å². The van der Waals surface area contributed by atoms with Crippen molar-refractivity contribution < 1.29 is 14.3 Å². The summed E-state index contributed by atoms with van der Waals surface area (Å²) >= 11 is 0. The molecule has 0 saturated carbocycles. The predicted molar refractivity (Wildman–Crippen MR) is 92.2 cm³/mol. The number of hydrogen-bond acceptors (Lipinski definition) is 4. The molecule has 1 aliphatic heterocycles. The lowest BCUT2D eigenvalue weighted by atomic mass is 10.00. The van der Waals surface area contributed by atoms with Gasteiger partial charge >= 0.3 is 0 Å². The van der Waals surface area contributed by atoms with Crippen LogP contribution in [0.3, 0.4) is 0 Å². The molecule has 2 heterocycles. The first-order valence-electron chi connectivity index (χ1n) is 8.19. The molecular formula is C18H22N4O3. The first-order valence-corrected chi connectivity index (χ1v) is 8.19. The SMILES string of the molecule is COc1ccccc1[C@@H]1CN(C(C)=O)CCN1C(=O)c1cnn(C)c1. The number of para-hydroxylation sites is 1. The zero-order valence-electron chi connectivity index (χ0n) is 14.7. The summed E-state index contributed by atoms with van der Waals surface area (Å²) in [5.74, 6) is 0.627. The van der Waals surface area contributed by atoms with Crippen LogP contribution >= 0.6 is 0 Å². The molecule has 7 heteroatoms. The van der Waals surface area contributed by atoms with Crippen molar-refractivity contribution in [1.29, 1.82) is 0 Å². The molecule has 132 valence electrons. The molecular weight excluding hydrogens is 320 g/mol. The fourth-order valence-electron chi connectivity index (χ4n) is 3.22. The molecule has 1 aromatic heterocycles. The molecule has 1 atom stereocenters. The summed E-state index contributed by atoms with van der Waals surface area (Å²) in [6, 6.07) is 7.35. The Morgan fingerprint density at radius 2 is 2.00 bits per heavy atom. The molecule has 2 aromatic rings. The van der Waals surface area contributed by atoms with Gasteiger partial charge in [0.05, 0.1) is 24.9 Å². The second-order valence-electron chi connectivity index (χ2n) is 6.12. The minimum absolute atomic E-state index is 0.00775. The average Bonchev–Trinajstić information content (AvgIpc) is 3.07. The molecule has 3 rings (SSSR count). The minimum atomic E-state index is -0.262. The van der Waals surface area contributed by atoms with Gasteiger partial charge in [0.2, 0.25) is 5.91 Å². The second kappa shape index (κ2) is 6.96. The summed E-state index contributed by atoms with van der Waals surface area (Å²) in [6.07, 6.45) is 3.28. The van der Waals surface area contributed by atoms with Crippen molar-refractivity contribution >= 4 is 11.8 Å². The zero-order chi connectivity index (χ0) is 18.0. The summed E-state index contributed by atoms with van der Waals surface area (Å²) in [5, 5.41) is 4.09. The summed E-state index contributed by atoms with van der Waals surface area (Å²) in [7, 11) is 3.39. The minimum Gasteiger partial charge on any atom is -0.496 e. The van der Waals surface area contributed by atoms with Gasteiger partial charge in [-0.3, -0.25) is 14.3 Å². The number of nitrogens with zero attached hydrogens (tertiary/aromatic N) is 4. The van der Waals surface area contributed by atoms with Gasteiger partial charge in [-0.15, -0.1) is 0 Å². The van der Waals surface area contributed by atoms with Crippen molar-refractivity contribution in [3.63, 3.8) is 0 Å². The highest BCUT2D eigenvalue weighted by Gasteiger charge is 2.34. The number of hydrogen-bond donors (Lipinski definition) is 0. The number of piperazine rings is 1. The number of amides is 2. The quantitative estimate of drug-likeness (QED) is 0.847. The molecule has 0 radical (unpaired) electrons. The van der Waals surface area contributed by atoms with E-state index in [1.165, 1.54) is 0 Å². The highest BCUT2D eigenvalue weighted by Crippen LogP contribution is 2.33. The van der Waals surface area contributed by atoms with Gasteiger partial charge in [-0.2, -0.15) is 5.10 Å². The first kappa shape index (κ1) is 17.0. The fraction of sp³-hybridized carbons (Fsp3) is 0.389. The Bertz CT molecular complexity index is 786. The number of methoxy groups -OCH3 is 1. The number of carbonyl (C=O) groups excluding carboxylic acids is 2. The van der Waals surface area contributed by atoms with E-state index in [1.54, 1.807) is 48.0 Å². The van der Waals surface area contributed by atoms with Crippen LogP contribution in [0.5, 0.6) is 5.75 Å². The van der Waals surface area contributed by atoms with Gasteiger partial charge < -0.3 is 14.5 Å². The van der Waals surface area contributed by atoms with E-state index in [2.05, 4.69) is 5.10 Å². The van der Waals surface area contributed by atoms with Crippen LogP contribution in [0.2, 0.25) is 0 Å². The summed E-state index contributed by atoms with van der Waals surface area (Å²) in [5.41, 5.74) is 1.44. The molecule has 25 heavy (non-hydrogen) atoms. The van der Waals surface area contributed by atoms with E-state index in [1.807, 2.05) is 24.3 Å². The van der Waals surface area contributed by atoms with E-state index in [0.717, 1.165) is 5.56 Å². The Balaban J connectivity index is 1.97. The maximum Gasteiger partial charge on any atom is 0.257 e. The van der Waals surface area contributed by atoms with Crippen molar-refractivity contribution in [2.24, 2.45) is 7.05 Å². The van der Waals surface area contributed by atoms with Crippen LogP contribution in [0.1, 0.15) is 28.9 Å². The highest BCUT2D eigenvalue weighted by molar-refractivity contribution is 5.94. The summed E-state index contributed by atoms with van der Waals surface area (Å²) in [4.78, 5) is 28.4. The Morgan fingerprint density at radius 1 is 1.24 bits per heavy atom. The molecule has 1 aliphatic rings. The zero-order valence-corrected chi connectivity index (χ0v) is 14.7. The maximum atomic E-state index is 13.0. The first-order chi connectivity index (χ1) is 12.0. The van der Waals surface area contributed by atoms with E-state index < -0.39 is 0 Å². The Labute approximate surface area is 146 Å². The van der Waals surface area contributed by atoms with Gasteiger partial charge in [0.1, 0.15) is 5.75 Å². The van der Waals surface area contributed by atoms with Crippen molar-refractivity contribution in [2.75, 3.05) is 26.7 Å². The summed E-state index contributed by atoms with van der Waals surface area (Å²) in [6.45, 7) is 2.99. The van der Waals surface area contributed by atoms with E-state index in [4.69, 9.17) is 4.74 Å². The van der Waals surface area contributed by atoms with Gasteiger partial charge in [-0.05, 0) is 6.07 Å². The maximum absolute atomic E-state index is 13.0. The van der Waals surface area contributed by atoms with Gasteiger partial charge in [0, 0.05) is 45.4 Å². The number of ether oxygens (including phenoxy) is 1. The number of aryl methyl sites for hydroxylation is 1. The van der Waals surface area contributed by atoms with E-state index in [0.29, 0.717) is 30.9 Å². The predicted octanol–water partition coefficient (Wildman–Crippen LogP) is 1.47. The third-order valence-electron chi connectivity index (χ3n) is 4.54. The molecule has 0 bridgehead atoms. The van der Waals surface area contributed by atoms with Crippen molar-refractivity contribution in [2.45, 2.75) is 13.0 Å². The number of carbonyl (C=O) groups is 2. The molecule has 1 fully saturated rings. The van der Waals surface area contributed by atoms with Gasteiger partial charge in [-0.1, -0.05) is 18.2 Å². The standard InChI is InChI=1S/C18H22N4O3/c1-13(23)21-8-9-22(18(24)14-10-19-20(2)11-14)16(12-21)15-6-4-5-7-17(15)25-3/h4-7,10-11,16H,8-9,12H2,1-3H3/t16-/m0/s1. The van der Waals surface area contributed by atoms with Crippen molar-refractivity contribution in [3.05, 3.63) is 47.8 Å². The molecule has 2 amide bonds. The normalized spacial score (nSPS) is 17.5. The molecule has 1 aromatic carbocycles. The van der Waals surface area contributed by atoms with Crippen LogP contribution in [0.25, 0.3) is 0 Å². The third kappa shape index (κ3) is 3.35. The molecule has 0 N–H and O–H groups in total. The Kier molecular flexibility index (Phi) is 4.74. The smallest absolute Gasteiger partial charge is 0.257 e. The van der Waals surface area contributed by atoms with Crippen molar-refractivity contribution in [1.82, 2.24) is 19.6 Å². The number of rotatable bonds is 3. The van der Waals surface area contributed by atoms with Crippen LogP contribution in [-0.4, -0.2) is 58.1 Å². The lowest BCUT2D eigenvalue weighted by molar-refractivity contribution is -0.131. The highest BCUT2D eigenvalue weighted by atomic mass is 16.5. The monoisotopic (exact) mass is 342 g/mol. The van der Waals surface area contributed by atoms with Crippen LogP contribution in [0, 0.1) is 0 Å². The molecule has 0 unspecified atom stereocenters. The topological polar surface area (TPSA) is 67.7 Å². The Morgan fingerprint density at radius 3 is 2.64 bits per heavy atom. The largest absolute Gasteiger partial charge is 0.496 e. The van der Waals surface area contributed by atoms with Crippen LogP contribution in [0.15, 0.2) is 36.7 Å². The molecule has 0 aliphatic carbocycles. The van der Waals surface area contributed by atoms with Gasteiger partial charge in [0.25, 0.3) is 5.91 Å². The lowest BCUT2D eigenvalue weighted by Gasteiger charge is -2.41. The van der Waals surface area contributed by atoms with Crippen LogP contribution < -0.4 is 4.74 Å².